The number of carbonyl (C=O) groups is 2. The number of amides is 1. The number of allylic oxidation sites excluding steroid dienone is 1. The van der Waals surface area contributed by atoms with Crippen molar-refractivity contribution in [1.82, 2.24) is 4.90 Å². The number of hydrogen-bond donors (Lipinski definition) is 1. The van der Waals surface area contributed by atoms with Crippen LogP contribution in [0.2, 0.25) is 0 Å². The van der Waals surface area contributed by atoms with E-state index in [4.69, 9.17) is 4.74 Å². The smallest absolute Gasteiger partial charge is 0.543 e. The quantitative estimate of drug-likeness (QED) is 0.413. The maximum absolute atomic E-state index is 11.8. The van der Waals surface area contributed by atoms with E-state index in [2.05, 4.69) is 0 Å². The molecular formula is C12H16NNaO5. The predicted molar refractivity (Wildman–Crippen MR) is 58.4 cm³/mol. The van der Waals surface area contributed by atoms with Crippen molar-refractivity contribution < 1.29 is 54.1 Å². The van der Waals surface area contributed by atoms with Crippen molar-refractivity contribution in [2.75, 3.05) is 0 Å². The number of rotatable bonds is 2. The van der Waals surface area contributed by atoms with Gasteiger partial charge in [-0.15, -0.1) is 0 Å². The average Bonchev–Trinajstić information content (AvgIpc) is 2.51. The second-order valence-electron chi connectivity index (χ2n) is 5.70. The third-order valence-corrected chi connectivity index (χ3v) is 3.17. The summed E-state index contributed by atoms with van der Waals surface area (Å²) in [6, 6.07) is 0. The van der Waals surface area contributed by atoms with Crippen molar-refractivity contribution in [3.8, 4) is 0 Å². The molecule has 0 aromatic carbocycles. The molecule has 2 heterocycles. The Morgan fingerprint density at radius 3 is 2.37 bits per heavy atom. The molecule has 0 saturated carbocycles. The molecule has 0 radical (unpaired) electrons. The molecule has 19 heavy (non-hydrogen) atoms. The molecule has 100 valence electrons. The van der Waals surface area contributed by atoms with Crippen LogP contribution in [0.4, 0.5) is 0 Å². The van der Waals surface area contributed by atoms with Gasteiger partial charge in [-0.1, -0.05) is 20.8 Å². The van der Waals surface area contributed by atoms with Gasteiger partial charge in [-0.2, -0.15) is 0 Å². The van der Waals surface area contributed by atoms with Gasteiger partial charge in [-0.25, -0.2) is 0 Å². The standard InChI is InChI=1S/C12H17NO5.Na/c1-5(14)6-9(15)13-7(11(16)17)8(12(2,3)4)18-10(6)13;/h5-6,10,14H,1-4H3,(H,16,17);/q;+1/p-1/t5-,6-,10+;/m0./s1. The number of aliphatic carboxylic acids is 1. The molecule has 2 aliphatic rings. The second kappa shape index (κ2) is 5.09. The Morgan fingerprint density at radius 2 is 2.00 bits per heavy atom. The number of carbonyl (C=O) groups excluding carboxylic acids is 2. The molecule has 1 saturated heterocycles. The van der Waals surface area contributed by atoms with E-state index in [1.54, 1.807) is 20.8 Å². The first-order valence-corrected chi connectivity index (χ1v) is 5.80. The SMILES string of the molecule is C[C@H](O)[C@H]1C(=O)N2C(C(=O)[O-])=C(C(C)(C)C)O[C@H]12.[Na+]. The Kier molecular flexibility index (Phi) is 4.42. The number of fused-ring (bicyclic) bond motifs is 1. The van der Waals surface area contributed by atoms with Gasteiger partial charge < -0.3 is 19.7 Å². The summed E-state index contributed by atoms with van der Waals surface area (Å²) in [5.41, 5.74) is -0.759. The minimum absolute atomic E-state index is 0. The van der Waals surface area contributed by atoms with Gasteiger partial charge in [0.1, 0.15) is 17.4 Å². The average molecular weight is 277 g/mol. The first kappa shape index (κ1) is 16.5. The van der Waals surface area contributed by atoms with E-state index in [0.29, 0.717) is 0 Å². The van der Waals surface area contributed by atoms with Crippen molar-refractivity contribution in [2.45, 2.75) is 40.0 Å². The van der Waals surface area contributed by atoms with Crippen LogP contribution in [0.1, 0.15) is 27.7 Å². The summed E-state index contributed by atoms with van der Waals surface area (Å²) in [5, 5.41) is 20.7. The number of carboxylic acid groups (broad SMARTS) is 1. The van der Waals surface area contributed by atoms with Crippen LogP contribution in [-0.4, -0.2) is 34.2 Å². The number of aliphatic hydroxyl groups excluding tert-OH is 1. The topological polar surface area (TPSA) is 89.9 Å². The molecule has 2 aliphatic heterocycles. The molecule has 0 aliphatic carbocycles. The Bertz CT molecular complexity index is 452. The number of β-lactam (4-membered cyclic amide) rings is 1. The summed E-state index contributed by atoms with van der Waals surface area (Å²) in [4.78, 5) is 24.1. The molecule has 7 heteroatoms. The molecule has 6 nitrogen and oxygen atoms in total. The van der Waals surface area contributed by atoms with Crippen LogP contribution in [0.5, 0.6) is 0 Å². The van der Waals surface area contributed by atoms with E-state index in [1.807, 2.05) is 0 Å². The third kappa shape index (κ3) is 2.42. The minimum atomic E-state index is -1.43. The zero-order valence-electron chi connectivity index (χ0n) is 11.8. The van der Waals surface area contributed by atoms with Crippen LogP contribution in [0.3, 0.4) is 0 Å². The van der Waals surface area contributed by atoms with Crippen LogP contribution in [0, 0.1) is 11.3 Å². The minimum Gasteiger partial charge on any atom is -0.543 e. The normalized spacial score (nSPS) is 27.2. The molecule has 0 bridgehead atoms. The molecule has 0 aromatic rings. The maximum atomic E-state index is 11.8. The molecule has 2 rings (SSSR count). The monoisotopic (exact) mass is 277 g/mol. The Balaban J connectivity index is 0.00000180. The number of aliphatic hydroxyl groups is 1. The van der Waals surface area contributed by atoms with Gasteiger partial charge in [-0.3, -0.25) is 9.69 Å². The van der Waals surface area contributed by atoms with E-state index >= 15 is 0 Å². The molecule has 3 atom stereocenters. The molecule has 0 unspecified atom stereocenters. The zero-order valence-corrected chi connectivity index (χ0v) is 13.8. The van der Waals surface area contributed by atoms with E-state index < -0.39 is 35.5 Å². The van der Waals surface area contributed by atoms with Crippen molar-refractivity contribution in [1.29, 1.82) is 0 Å². The summed E-state index contributed by atoms with van der Waals surface area (Å²) in [6.07, 6.45) is -1.60. The molecule has 0 aromatic heterocycles. The largest absolute Gasteiger partial charge is 1.00 e. The van der Waals surface area contributed by atoms with Crippen molar-refractivity contribution in [3.63, 3.8) is 0 Å². The van der Waals surface area contributed by atoms with E-state index in [1.165, 1.54) is 6.92 Å². The number of carboxylic acids is 1. The second-order valence-corrected chi connectivity index (χ2v) is 5.70. The number of hydrogen-bond acceptors (Lipinski definition) is 5. The maximum Gasteiger partial charge on any atom is 1.00 e. The fourth-order valence-corrected chi connectivity index (χ4v) is 2.30. The van der Waals surface area contributed by atoms with Crippen LogP contribution in [0.25, 0.3) is 0 Å². The first-order valence-electron chi connectivity index (χ1n) is 5.80. The summed E-state index contributed by atoms with van der Waals surface area (Å²) >= 11 is 0. The Hall–Kier alpha value is -0.560. The molecular weight excluding hydrogens is 261 g/mol. The third-order valence-electron chi connectivity index (χ3n) is 3.17. The van der Waals surface area contributed by atoms with Crippen molar-refractivity contribution in [3.05, 3.63) is 11.5 Å². The summed E-state index contributed by atoms with van der Waals surface area (Å²) in [5.74, 6) is -2.35. The van der Waals surface area contributed by atoms with Crippen LogP contribution < -0.4 is 34.7 Å². The fourth-order valence-electron chi connectivity index (χ4n) is 2.30. The van der Waals surface area contributed by atoms with Crippen LogP contribution in [0.15, 0.2) is 11.5 Å². The first-order chi connectivity index (χ1) is 8.16. The van der Waals surface area contributed by atoms with Gasteiger partial charge in [0.05, 0.1) is 12.1 Å². The molecule has 1 fully saturated rings. The van der Waals surface area contributed by atoms with Gasteiger partial charge in [0.2, 0.25) is 5.91 Å². The van der Waals surface area contributed by atoms with Gasteiger partial charge in [-0.05, 0) is 6.92 Å². The van der Waals surface area contributed by atoms with E-state index in [9.17, 15) is 19.8 Å². The summed E-state index contributed by atoms with van der Waals surface area (Å²) in [7, 11) is 0. The van der Waals surface area contributed by atoms with Crippen molar-refractivity contribution >= 4 is 11.9 Å². The van der Waals surface area contributed by atoms with Crippen molar-refractivity contribution in [2.24, 2.45) is 11.3 Å². The predicted octanol–water partition coefficient (Wildman–Crippen LogP) is -3.81. The van der Waals surface area contributed by atoms with Gasteiger partial charge in [0.25, 0.3) is 0 Å². The van der Waals surface area contributed by atoms with Gasteiger partial charge in [0.15, 0.2) is 6.23 Å². The fraction of sp³-hybridized carbons (Fsp3) is 0.667. The molecule has 1 amide bonds. The zero-order chi connectivity index (χ0) is 13.8. The number of ether oxygens (including phenoxy) is 1. The summed E-state index contributed by atoms with van der Waals surface area (Å²) in [6.45, 7) is 6.86. The van der Waals surface area contributed by atoms with E-state index in [0.717, 1.165) is 4.90 Å². The van der Waals surface area contributed by atoms with Crippen LogP contribution in [-0.2, 0) is 14.3 Å². The summed E-state index contributed by atoms with van der Waals surface area (Å²) < 4.78 is 5.55. The van der Waals surface area contributed by atoms with Gasteiger partial charge in [0, 0.05) is 5.41 Å². The Labute approximate surface area is 133 Å². The van der Waals surface area contributed by atoms with Gasteiger partial charge >= 0.3 is 29.6 Å². The van der Waals surface area contributed by atoms with E-state index in [-0.39, 0.29) is 41.0 Å². The molecule has 0 spiro atoms. The Morgan fingerprint density at radius 1 is 1.47 bits per heavy atom. The van der Waals surface area contributed by atoms with Crippen LogP contribution >= 0.6 is 0 Å². The molecule has 1 N–H and O–H groups in total. The number of nitrogens with zero attached hydrogens (tertiary/aromatic N) is 1.